The molecule has 1 saturated carbocycles. The van der Waals surface area contributed by atoms with Crippen LogP contribution in [0.15, 0.2) is 47.6 Å². The van der Waals surface area contributed by atoms with E-state index in [1.54, 1.807) is 0 Å². The Hall–Kier alpha value is -2.41. The predicted molar refractivity (Wildman–Crippen MR) is 103 cm³/mol. The van der Waals surface area contributed by atoms with Gasteiger partial charge in [0.25, 0.3) is 0 Å². The predicted octanol–water partition coefficient (Wildman–Crippen LogP) is 4.06. The molecular weight excluding hydrogens is 346 g/mol. The smallest absolute Gasteiger partial charge is 0.237 e. The zero-order valence-electron chi connectivity index (χ0n) is 14.6. The van der Waals surface area contributed by atoms with Gasteiger partial charge in [0.1, 0.15) is 0 Å². The number of carbonyl (C=O) groups excluding carboxylic acids is 1. The van der Waals surface area contributed by atoms with Crippen LogP contribution in [0.25, 0.3) is 10.8 Å². The van der Waals surface area contributed by atoms with E-state index in [1.807, 2.05) is 48.0 Å². The van der Waals surface area contributed by atoms with Gasteiger partial charge in [0.15, 0.2) is 0 Å². The van der Waals surface area contributed by atoms with Crippen molar-refractivity contribution in [1.82, 2.24) is 20.2 Å². The molecule has 1 aliphatic rings. The van der Waals surface area contributed by atoms with Crippen LogP contribution in [-0.4, -0.2) is 31.4 Å². The van der Waals surface area contributed by atoms with Gasteiger partial charge in [-0.1, -0.05) is 54.9 Å². The quantitative estimate of drug-likeness (QED) is 0.689. The number of amides is 1. The first kappa shape index (κ1) is 17.0. The molecule has 1 aliphatic carbocycles. The van der Waals surface area contributed by atoms with Gasteiger partial charge in [0, 0.05) is 5.69 Å². The molecule has 1 amide bonds. The summed E-state index contributed by atoms with van der Waals surface area (Å²) in [4.78, 5) is 12.6. The highest BCUT2D eigenvalue weighted by Gasteiger charge is 2.24. The lowest BCUT2D eigenvalue weighted by atomic mass is 10.1. The molecule has 0 bridgehead atoms. The molecule has 2 aromatic carbocycles. The molecule has 7 heteroatoms. The van der Waals surface area contributed by atoms with Crippen molar-refractivity contribution in [2.75, 3.05) is 5.32 Å². The van der Waals surface area contributed by atoms with Gasteiger partial charge in [0.05, 0.1) is 11.3 Å². The second-order valence-electron chi connectivity index (χ2n) is 6.66. The summed E-state index contributed by atoms with van der Waals surface area (Å²) < 4.78 is 1.89. The van der Waals surface area contributed by atoms with Crippen LogP contribution >= 0.6 is 11.8 Å². The van der Waals surface area contributed by atoms with Crippen LogP contribution in [0, 0.1) is 0 Å². The van der Waals surface area contributed by atoms with E-state index in [2.05, 4.69) is 26.9 Å². The highest BCUT2D eigenvalue weighted by molar-refractivity contribution is 8.00. The zero-order chi connectivity index (χ0) is 17.9. The number of aromatic nitrogens is 4. The number of hydrogen-bond donors (Lipinski definition) is 1. The first-order valence-corrected chi connectivity index (χ1v) is 9.83. The number of hydrogen-bond acceptors (Lipinski definition) is 5. The fraction of sp³-hybridized carbons (Fsp3) is 0.368. The number of thioether (sulfide) groups is 1. The Morgan fingerprint density at radius 2 is 1.96 bits per heavy atom. The van der Waals surface area contributed by atoms with Gasteiger partial charge in [-0.2, -0.15) is 0 Å². The third kappa shape index (κ3) is 3.58. The lowest BCUT2D eigenvalue weighted by molar-refractivity contribution is -0.115. The van der Waals surface area contributed by atoms with E-state index in [0.717, 1.165) is 34.5 Å². The van der Waals surface area contributed by atoms with Crippen molar-refractivity contribution in [3.63, 3.8) is 0 Å². The maximum Gasteiger partial charge on any atom is 0.237 e. The lowest BCUT2D eigenvalue weighted by Crippen LogP contribution is -2.23. The first-order chi connectivity index (χ1) is 12.7. The molecule has 1 fully saturated rings. The molecule has 0 aliphatic heterocycles. The monoisotopic (exact) mass is 367 g/mol. The molecule has 6 nitrogen and oxygen atoms in total. The van der Waals surface area contributed by atoms with Crippen molar-refractivity contribution in [3.05, 3.63) is 42.5 Å². The largest absolute Gasteiger partial charge is 0.325 e. The van der Waals surface area contributed by atoms with E-state index in [0.29, 0.717) is 6.04 Å². The fourth-order valence-electron chi connectivity index (χ4n) is 3.36. The summed E-state index contributed by atoms with van der Waals surface area (Å²) in [7, 11) is 0. The van der Waals surface area contributed by atoms with Crippen molar-refractivity contribution in [3.8, 4) is 0 Å². The van der Waals surface area contributed by atoms with Crippen LogP contribution in [0.2, 0.25) is 0 Å². The van der Waals surface area contributed by atoms with Gasteiger partial charge in [-0.3, -0.25) is 4.79 Å². The zero-order valence-corrected chi connectivity index (χ0v) is 15.4. The summed E-state index contributed by atoms with van der Waals surface area (Å²) in [6.07, 6.45) is 4.64. The summed E-state index contributed by atoms with van der Waals surface area (Å²) >= 11 is 1.41. The Balaban J connectivity index is 1.43. The topological polar surface area (TPSA) is 72.7 Å². The molecule has 0 radical (unpaired) electrons. The number of nitrogens with one attached hydrogen (secondary N) is 1. The number of anilines is 1. The Bertz CT molecular complexity index is 919. The minimum atomic E-state index is -0.285. The molecule has 134 valence electrons. The molecule has 4 rings (SSSR count). The van der Waals surface area contributed by atoms with E-state index < -0.39 is 0 Å². The molecule has 1 heterocycles. The second kappa shape index (κ2) is 7.45. The van der Waals surface area contributed by atoms with Crippen LogP contribution in [0.3, 0.4) is 0 Å². The minimum absolute atomic E-state index is 0.0498. The van der Waals surface area contributed by atoms with Crippen molar-refractivity contribution in [1.29, 1.82) is 0 Å². The SMILES string of the molecule is C[C@H](Sc1nnnn1C1CCCC1)C(=O)Nc1ccc2ccccc2c1. The maximum atomic E-state index is 12.6. The molecule has 0 unspecified atom stereocenters. The molecule has 0 saturated heterocycles. The van der Waals surface area contributed by atoms with Crippen LogP contribution in [0.4, 0.5) is 5.69 Å². The van der Waals surface area contributed by atoms with Gasteiger partial charge in [-0.25, -0.2) is 4.68 Å². The second-order valence-corrected chi connectivity index (χ2v) is 7.96. The molecule has 1 aromatic heterocycles. The number of benzene rings is 2. The fourth-order valence-corrected chi connectivity index (χ4v) is 4.22. The molecule has 1 N–H and O–H groups in total. The summed E-state index contributed by atoms with van der Waals surface area (Å²) in [6.45, 7) is 1.88. The summed E-state index contributed by atoms with van der Waals surface area (Å²) in [6, 6.07) is 14.4. The van der Waals surface area contributed by atoms with E-state index >= 15 is 0 Å². The van der Waals surface area contributed by atoms with Crippen molar-refractivity contribution in [2.45, 2.75) is 49.1 Å². The third-order valence-corrected chi connectivity index (χ3v) is 5.85. The highest BCUT2D eigenvalue weighted by Crippen LogP contribution is 2.32. The number of tetrazole rings is 1. The van der Waals surface area contributed by atoms with Gasteiger partial charge in [-0.05, 0) is 53.1 Å². The van der Waals surface area contributed by atoms with E-state index in [4.69, 9.17) is 0 Å². The molecule has 1 atom stereocenters. The normalized spacial score (nSPS) is 16.0. The molecule has 26 heavy (non-hydrogen) atoms. The maximum absolute atomic E-state index is 12.6. The van der Waals surface area contributed by atoms with Crippen LogP contribution in [0.5, 0.6) is 0 Å². The summed E-state index contributed by atoms with van der Waals surface area (Å²) in [5.41, 5.74) is 0.802. The van der Waals surface area contributed by atoms with Gasteiger partial charge in [-0.15, -0.1) is 5.10 Å². The molecule has 3 aromatic rings. The van der Waals surface area contributed by atoms with Crippen molar-refractivity contribution >= 4 is 34.1 Å². The minimum Gasteiger partial charge on any atom is -0.325 e. The molecular formula is C19H21N5OS. The van der Waals surface area contributed by atoms with Crippen LogP contribution in [-0.2, 0) is 4.79 Å². The Labute approximate surface area is 156 Å². The first-order valence-electron chi connectivity index (χ1n) is 8.95. The molecule has 0 spiro atoms. The Morgan fingerprint density at radius 1 is 1.19 bits per heavy atom. The van der Waals surface area contributed by atoms with Gasteiger partial charge in [0.2, 0.25) is 11.1 Å². The number of carbonyl (C=O) groups is 1. The van der Waals surface area contributed by atoms with Gasteiger partial charge < -0.3 is 5.32 Å². The van der Waals surface area contributed by atoms with Gasteiger partial charge >= 0.3 is 0 Å². The van der Waals surface area contributed by atoms with Crippen molar-refractivity contribution < 1.29 is 4.79 Å². The average Bonchev–Trinajstić information content (AvgIpc) is 3.33. The van der Waals surface area contributed by atoms with Crippen molar-refractivity contribution in [2.24, 2.45) is 0 Å². The van der Waals surface area contributed by atoms with E-state index in [-0.39, 0.29) is 11.2 Å². The average molecular weight is 367 g/mol. The van der Waals surface area contributed by atoms with E-state index in [1.165, 1.54) is 24.6 Å². The highest BCUT2D eigenvalue weighted by atomic mass is 32.2. The number of fused-ring (bicyclic) bond motifs is 1. The van der Waals surface area contributed by atoms with Crippen LogP contribution < -0.4 is 5.32 Å². The van der Waals surface area contributed by atoms with E-state index in [9.17, 15) is 4.79 Å². The summed E-state index contributed by atoms with van der Waals surface area (Å²) in [5, 5.41) is 17.8. The summed E-state index contributed by atoms with van der Waals surface area (Å²) in [5.74, 6) is -0.0498. The van der Waals surface area contributed by atoms with Crippen LogP contribution in [0.1, 0.15) is 38.6 Å². The lowest BCUT2D eigenvalue weighted by Gasteiger charge is -2.14. The number of rotatable bonds is 5. The Morgan fingerprint density at radius 3 is 2.77 bits per heavy atom. The third-order valence-electron chi connectivity index (χ3n) is 4.80. The number of nitrogens with zero attached hydrogens (tertiary/aromatic N) is 4. The standard InChI is InChI=1S/C19H21N5OS/c1-13(26-19-21-22-23-24(19)17-8-4-5-9-17)18(25)20-16-11-10-14-6-2-3-7-15(14)12-16/h2-3,6-7,10-13,17H,4-5,8-9H2,1H3,(H,20,25)/t13-/m0/s1. The Kier molecular flexibility index (Phi) is 4.88.